The maximum Gasteiger partial charge on any atom is 0.319 e. The largest absolute Gasteiger partial charge is 0.526 e. The van der Waals surface area contributed by atoms with Crippen LogP contribution >= 0.6 is 0 Å². The van der Waals surface area contributed by atoms with E-state index >= 15 is 0 Å². The molecule has 0 saturated carbocycles. The average Bonchev–Trinajstić information content (AvgIpc) is 2.02. The molecule has 0 rings (SSSR count). The summed E-state index contributed by atoms with van der Waals surface area (Å²) < 4.78 is 4.72. The zero-order valence-electron chi connectivity index (χ0n) is 7.73. The van der Waals surface area contributed by atoms with Crippen LogP contribution in [0.3, 0.4) is 0 Å². The minimum absolute atomic E-state index is 0.150. The minimum atomic E-state index is -0.150. The van der Waals surface area contributed by atoms with E-state index in [1.807, 2.05) is 13.8 Å². The van der Waals surface area contributed by atoms with E-state index in [0.717, 1.165) is 24.0 Å². The van der Waals surface area contributed by atoms with E-state index in [2.05, 4.69) is 6.92 Å². The van der Waals surface area contributed by atoms with Gasteiger partial charge in [0, 0.05) is 5.57 Å². The Labute approximate surface area is 71.2 Å². The third kappa shape index (κ3) is 3.37. The molecule has 2 nitrogen and oxygen atoms in total. The van der Waals surface area contributed by atoms with Crippen molar-refractivity contribution in [1.82, 2.24) is 0 Å². The van der Waals surface area contributed by atoms with Crippen molar-refractivity contribution in [2.75, 3.05) is 0 Å². The highest BCUT2D eigenvalue weighted by atomic mass is 28.2. The quantitative estimate of drug-likeness (QED) is 0.468. The fourth-order valence-corrected chi connectivity index (χ4v) is 1.20. The fourth-order valence-electron chi connectivity index (χ4n) is 0.890. The second-order valence-corrected chi connectivity index (χ2v) is 3.06. The summed E-state index contributed by atoms with van der Waals surface area (Å²) in [5, 5.41) is 0. The molecule has 0 aliphatic heterocycles. The van der Waals surface area contributed by atoms with Crippen LogP contribution < -0.4 is 0 Å². The van der Waals surface area contributed by atoms with Gasteiger partial charge in [-0.2, -0.15) is 0 Å². The van der Waals surface area contributed by atoms with Crippen LogP contribution in [-0.4, -0.2) is 16.5 Å². The zero-order valence-corrected chi connectivity index (χ0v) is 9.73. The van der Waals surface area contributed by atoms with Crippen molar-refractivity contribution in [3.63, 3.8) is 0 Å². The second-order valence-electron chi connectivity index (χ2n) is 2.65. The lowest BCUT2D eigenvalue weighted by molar-refractivity contribution is -0.129. The van der Waals surface area contributed by atoms with Gasteiger partial charge in [-0.25, -0.2) is 4.79 Å². The lowest BCUT2D eigenvalue weighted by atomic mass is 10.1. The number of hydrogen-bond donors (Lipinski definition) is 0. The Morgan fingerprint density at radius 2 is 2.00 bits per heavy atom. The predicted molar refractivity (Wildman–Crippen MR) is 49.3 cm³/mol. The van der Waals surface area contributed by atoms with Crippen molar-refractivity contribution in [3.05, 3.63) is 11.1 Å². The lowest BCUT2D eigenvalue weighted by Crippen LogP contribution is -2.04. The van der Waals surface area contributed by atoms with Gasteiger partial charge in [-0.05, 0) is 20.3 Å². The summed E-state index contributed by atoms with van der Waals surface area (Å²) >= 11 is 0. The maximum absolute atomic E-state index is 11.0. The highest BCUT2D eigenvalue weighted by molar-refractivity contribution is 6.09. The molecule has 0 aromatic rings. The first-order chi connectivity index (χ1) is 5.13. The molecular formula is C8H16O2Si. The Morgan fingerprint density at radius 3 is 2.36 bits per heavy atom. The number of allylic oxidation sites excluding steroid dienone is 1. The van der Waals surface area contributed by atoms with Gasteiger partial charge in [0.05, 0.1) is 0 Å². The Hall–Kier alpha value is -0.573. The van der Waals surface area contributed by atoms with Crippen molar-refractivity contribution in [1.29, 1.82) is 0 Å². The molecule has 0 radical (unpaired) electrons. The van der Waals surface area contributed by atoms with E-state index < -0.39 is 0 Å². The molecule has 64 valence electrons. The summed E-state index contributed by atoms with van der Waals surface area (Å²) in [6.45, 7) is 5.91. The van der Waals surface area contributed by atoms with E-state index in [0.29, 0.717) is 10.5 Å². The van der Waals surface area contributed by atoms with Gasteiger partial charge in [0.15, 0.2) is 0 Å². The van der Waals surface area contributed by atoms with Gasteiger partial charge in [-0.1, -0.05) is 18.9 Å². The van der Waals surface area contributed by atoms with Crippen LogP contribution in [0, 0.1) is 0 Å². The molecule has 0 aliphatic carbocycles. The van der Waals surface area contributed by atoms with E-state index in [1.54, 1.807) is 0 Å². The molecule has 0 atom stereocenters. The molecule has 0 saturated heterocycles. The number of hydrogen-bond acceptors (Lipinski definition) is 2. The van der Waals surface area contributed by atoms with Gasteiger partial charge in [0.25, 0.3) is 0 Å². The first kappa shape index (κ1) is 10.4. The highest BCUT2D eigenvalue weighted by Gasteiger charge is 2.05. The minimum Gasteiger partial charge on any atom is -0.526 e. The molecule has 0 spiro atoms. The first-order valence-corrected chi connectivity index (χ1v) is 4.69. The summed E-state index contributed by atoms with van der Waals surface area (Å²) in [7, 11) is 0.487. The normalized spacial score (nSPS) is 12.6. The molecule has 11 heavy (non-hydrogen) atoms. The molecule has 0 aromatic heterocycles. The van der Waals surface area contributed by atoms with E-state index in [4.69, 9.17) is 4.43 Å². The molecular weight excluding hydrogens is 156 g/mol. The number of rotatable bonds is 3. The van der Waals surface area contributed by atoms with Gasteiger partial charge in [0.1, 0.15) is 0 Å². The summed E-state index contributed by atoms with van der Waals surface area (Å²) in [5.74, 6) is -0.150. The molecule has 0 bridgehead atoms. The summed E-state index contributed by atoms with van der Waals surface area (Å²) in [5.41, 5.74) is 1.93. The molecule has 0 fully saturated rings. The Morgan fingerprint density at radius 1 is 1.45 bits per heavy atom. The van der Waals surface area contributed by atoms with Crippen LogP contribution in [0.4, 0.5) is 0 Å². The van der Waals surface area contributed by atoms with E-state index in [-0.39, 0.29) is 5.97 Å². The molecule has 0 amide bonds. The SMILES string of the molecule is CCCC(C)=C(C)C(=O)O[SiH3]. The Bertz CT molecular complexity index is 173. The fraction of sp³-hybridized carbons (Fsp3) is 0.625. The van der Waals surface area contributed by atoms with Crippen LogP contribution in [0.15, 0.2) is 11.1 Å². The Balaban J connectivity index is 4.26. The standard InChI is InChI=1S/C8H16O2Si/c1-4-5-6(2)7(3)8(9)10-11/h4-5H2,1-3,11H3. The van der Waals surface area contributed by atoms with Crippen LogP contribution in [0.5, 0.6) is 0 Å². The Kier molecular flexibility index (Phi) is 4.86. The average molecular weight is 172 g/mol. The summed E-state index contributed by atoms with van der Waals surface area (Å²) in [6, 6.07) is 0. The van der Waals surface area contributed by atoms with Crippen molar-refractivity contribution < 1.29 is 9.22 Å². The van der Waals surface area contributed by atoms with Gasteiger partial charge in [-0.15, -0.1) is 0 Å². The maximum atomic E-state index is 11.0. The summed E-state index contributed by atoms with van der Waals surface area (Å²) in [4.78, 5) is 11.0. The lowest BCUT2D eigenvalue weighted by Gasteiger charge is -2.04. The molecule has 0 aliphatic rings. The zero-order chi connectivity index (χ0) is 8.85. The predicted octanol–water partition coefficient (Wildman–Crippen LogP) is 0.946. The van der Waals surface area contributed by atoms with Crippen molar-refractivity contribution >= 4 is 16.5 Å². The van der Waals surface area contributed by atoms with Crippen LogP contribution in [0.25, 0.3) is 0 Å². The highest BCUT2D eigenvalue weighted by Crippen LogP contribution is 2.10. The number of carbonyl (C=O) groups excluding carboxylic acids is 1. The number of carbonyl (C=O) groups is 1. The van der Waals surface area contributed by atoms with Crippen molar-refractivity contribution in [2.24, 2.45) is 0 Å². The van der Waals surface area contributed by atoms with E-state index in [1.165, 1.54) is 0 Å². The monoisotopic (exact) mass is 172 g/mol. The van der Waals surface area contributed by atoms with Gasteiger partial charge in [0.2, 0.25) is 10.5 Å². The molecule has 0 unspecified atom stereocenters. The summed E-state index contributed by atoms with van der Waals surface area (Å²) in [6.07, 6.45) is 2.07. The third-order valence-corrected chi connectivity index (χ3v) is 2.13. The third-order valence-electron chi connectivity index (χ3n) is 1.76. The molecule has 3 heteroatoms. The molecule has 0 N–H and O–H groups in total. The van der Waals surface area contributed by atoms with Crippen molar-refractivity contribution in [2.45, 2.75) is 33.6 Å². The molecule has 0 aromatic carbocycles. The van der Waals surface area contributed by atoms with Gasteiger partial charge in [-0.3, -0.25) is 0 Å². The van der Waals surface area contributed by atoms with Crippen LogP contribution in [0.1, 0.15) is 33.6 Å². The van der Waals surface area contributed by atoms with Crippen LogP contribution in [-0.2, 0) is 9.22 Å². The van der Waals surface area contributed by atoms with Gasteiger partial charge >= 0.3 is 5.97 Å². The second kappa shape index (κ2) is 5.13. The van der Waals surface area contributed by atoms with Crippen molar-refractivity contribution in [3.8, 4) is 0 Å². The molecule has 0 heterocycles. The first-order valence-electron chi connectivity index (χ1n) is 3.88. The van der Waals surface area contributed by atoms with Crippen LogP contribution in [0.2, 0.25) is 0 Å². The smallest absolute Gasteiger partial charge is 0.319 e. The topological polar surface area (TPSA) is 26.3 Å². The van der Waals surface area contributed by atoms with Gasteiger partial charge < -0.3 is 4.43 Å². The van der Waals surface area contributed by atoms with E-state index in [9.17, 15) is 4.79 Å².